The zero-order valence-corrected chi connectivity index (χ0v) is 14.4. The van der Waals surface area contributed by atoms with E-state index < -0.39 is 0 Å². The molecule has 21 heavy (non-hydrogen) atoms. The number of hydrogen-bond donors (Lipinski definition) is 1. The Kier molecular flexibility index (Phi) is 4.97. The van der Waals surface area contributed by atoms with Crippen molar-refractivity contribution in [1.82, 2.24) is 0 Å². The van der Waals surface area contributed by atoms with Gasteiger partial charge < -0.3 is 10.5 Å². The molecule has 0 spiro atoms. The highest BCUT2D eigenvalue weighted by Crippen LogP contribution is 2.45. The summed E-state index contributed by atoms with van der Waals surface area (Å²) in [4.78, 5) is 12.1. The molecule has 1 aliphatic carbocycles. The van der Waals surface area contributed by atoms with E-state index in [0.29, 0.717) is 28.5 Å². The van der Waals surface area contributed by atoms with Gasteiger partial charge in [-0.3, -0.25) is 0 Å². The first-order valence-electron chi connectivity index (χ1n) is 7.88. The minimum absolute atomic E-state index is 0.260. The van der Waals surface area contributed by atoms with Crippen LogP contribution in [0.2, 0.25) is 0 Å². The first-order valence-corrected chi connectivity index (χ1v) is 8.76. The minimum atomic E-state index is -0.260. The number of hydrogen-bond acceptors (Lipinski definition) is 4. The van der Waals surface area contributed by atoms with Gasteiger partial charge >= 0.3 is 5.97 Å². The second-order valence-corrected chi connectivity index (χ2v) is 7.98. The van der Waals surface area contributed by atoms with Gasteiger partial charge in [-0.25, -0.2) is 4.79 Å². The van der Waals surface area contributed by atoms with Crippen molar-refractivity contribution in [3.05, 3.63) is 16.5 Å². The van der Waals surface area contributed by atoms with Gasteiger partial charge in [-0.15, -0.1) is 11.3 Å². The van der Waals surface area contributed by atoms with E-state index in [1.165, 1.54) is 24.2 Å². The SMILES string of the molecule is CCOC(=O)c1c(C2CCC(C(C)(C)C)CC2)csc1N. The molecule has 0 aromatic carbocycles. The Morgan fingerprint density at radius 1 is 1.33 bits per heavy atom. The van der Waals surface area contributed by atoms with Gasteiger partial charge in [0.15, 0.2) is 0 Å². The molecule has 0 atom stereocenters. The maximum Gasteiger partial charge on any atom is 0.341 e. The van der Waals surface area contributed by atoms with Crippen LogP contribution in [-0.4, -0.2) is 12.6 Å². The molecule has 0 unspecified atom stereocenters. The summed E-state index contributed by atoms with van der Waals surface area (Å²) in [5.41, 5.74) is 8.11. The van der Waals surface area contributed by atoms with E-state index in [-0.39, 0.29) is 5.97 Å². The quantitative estimate of drug-likeness (QED) is 0.814. The van der Waals surface area contributed by atoms with Gasteiger partial charge in [-0.05, 0) is 60.8 Å². The van der Waals surface area contributed by atoms with Crippen molar-refractivity contribution in [3.8, 4) is 0 Å². The fourth-order valence-corrected chi connectivity index (χ4v) is 4.26. The summed E-state index contributed by atoms with van der Waals surface area (Å²) in [6, 6.07) is 0. The van der Waals surface area contributed by atoms with Gasteiger partial charge in [0.1, 0.15) is 5.00 Å². The van der Waals surface area contributed by atoms with Crippen molar-refractivity contribution in [2.45, 2.75) is 59.3 Å². The summed E-state index contributed by atoms with van der Waals surface area (Å²) in [5, 5.41) is 2.66. The average Bonchev–Trinajstić information content (AvgIpc) is 2.80. The molecule has 1 fully saturated rings. The van der Waals surface area contributed by atoms with Crippen LogP contribution in [0.5, 0.6) is 0 Å². The Labute approximate surface area is 131 Å². The average molecular weight is 309 g/mol. The second-order valence-electron chi connectivity index (χ2n) is 7.07. The Bertz CT molecular complexity index is 493. The van der Waals surface area contributed by atoms with Crippen LogP contribution in [0.1, 0.15) is 75.2 Å². The van der Waals surface area contributed by atoms with Crippen LogP contribution in [0.3, 0.4) is 0 Å². The molecular weight excluding hydrogens is 282 g/mol. The lowest BCUT2D eigenvalue weighted by Gasteiger charge is -2.37. The zero-order chi connectivity index (χ0) is 15.6. The number of thiophene rings is 1. The van der Waals surface area contributed by atoms with Crippen molar-refractivity contribution in [2.75, 3.05) is 12.3 Å². The summed E-state index contributed by atoms with van der Waals surface area (Å²) in [7, 11) is 0. The zero-order valence-electron chi connectivity index (χ0n) is 13.6. The van der Waals surface area contributed by atoms with Crippen molar-refractivity contribution in [3.63, 3.8) is 0 Å². The highest BCUT2D eigenvalue weighted by molar-refractivity contribution is 7.14. The molecule has 1 saturated carbocycles. The van der Waals surface area contributed by atoms with Crippen molar-refractivity contribution >= 4 is 22.3 Å². The molecule has 1 aromatic rings. The number of rotatable bonds is 3. The first kappa shape index (κ1) is 16.3. The van der Waals surface area contributed by atoms with E-state index in [1.807, 2.05) is 6.92 Å². The third-order valence-electron chi connectivity index (χ3n) is 4.72. The van der Waals surface area contributed by atoms with Crippen LogP contribution in [0.4, 0.5) is 5.00 Å². The number of anilines is 1. The van der Waals surface area contributed by atoms with Crippen LogP contribution in [-0.2, 0) is 4.74 Å². The number of esters is 1. The highest BCUT2D eigenvalue weighted by atomic mass is 32.1. The Balaban J connectivity index is 2.12. The van der Waals surface area contributed by atoms with E-state index in [2.05, 4.69) is 26.2 Å². The molecule has 0 amide bonds. The number of ether oxygens (including phenoxy) is 1. The van der Waals surface area contributed by atoms with E-state index in [1.54, 1.807) is 0 Å². The number of nitrogens with two attached hydrogens (primary N) is 1. The van der Waals surface area contributed by atoms with Crippen molar-refractivity contribution < 1.29 is 9.53 Å². The number of nitrogen functional groups attached to an aromatic ring is 1. The lowest BCUT2D eigenvalue weighted by Crippen LogP contribution is -2.25. The summed E-state index contributed by atoms with van der Waals surface area (Å²) >= 11 is 1.46. The summed E-state index contributed by atoms with van der Waals surface area (Å²) in [6.45, 7) is 9.19. The van der Waals surface area contributed by atoms with Gasteiger partial charge in [0, 0.05) is 0 Å². The molecule has 0 saturated heterocycles. The van der Waals surface area contributed by atoms with E-state index >= 15 is 0 Å². The maximum atomic E-state index is 12.1. The molecule has 0 radical (unpaired) electrons. The molecule has 1 aliphatic rings. The van der Waals surface area contributed by atoms with E-state index in [4.69, 9.17) is 10.5 Å². The van der Waals surface area contributed by atoms with Gasteiger partial charge in [-0.2, -0.15) is 0 Å². The fraction of sp³-hybridized carbons (Fsp3) is 0.706. The maximum absolute atomic E-state index is 12.1. The highest BCUT2D eigenvalue weighted by Gasteiger charge is 2.32. The number of carbonyl (C=O) groups excluding carboxylic acids is 1. The molecular formula is C17H27NO2S. The summed E-state index contributed by atoms with van der Waals surface area (Å²) < 4.78 is 5.16. The smallest absolute Gasteiger partial charge is 0.341 e. The normalized spacial score (nSPS) is 23.0. The van der Waals surface area contributed by atoms with Crippen LogP contribution < -0.4 is 5.73 Å². The fourth-order valence-electron chi connectivity index (χ4n) is 3.38. The van der Waals surface area contributed by atoms with Gasteiger partial charge in [0.05, 0.1) is 12.2 Å². The van der Waals surface area contributed by atoms with Crippen LogP contribution in [0.25, 0.3) is 0 Å². The third-order valence-corrected chi connectivity index (χ3v) is 5.55. The minimum Gasteiger partial charge on any atom is -0.462 e. The van der Waals surface area contributed by atoms with Crippen LogP contribution in [0.15, 0.2) is 5.38 Å². The predicted molar refractivity (Wildman–Crippen MR) is 88.8 cm³/mol. The Morgan fingerprint density at radius 3 is 2.48 bits per heavy atom. The second kappa shape index (κ2) is 6.39. The molecule has 4 heteroatoms. The molecule has 2 N–H and O–H groups in total. The molecule has 118 valence electrons. The van der Waals surface area contributed by atoms with Crippen LogP contribution in [0, 0.1) is 11.3 Å². The predicted octanol–water partition coefficient (Wildman–Crippen LogP) is 4.83. The van der Waals surface area contributed by atoms with E-state index in [0.717, 1.165) is 24.3 Å². The molecule has 3 nitrogen and oxygen atoms in total. The summed E-state index contributed by atoms with van der Waals surface area (Å²) in [6.07, 6.45) is 4.74. The lowest BCUT2D eigenvalue weighted by molar-refractivity contribution is 0.0525. The number of carbonyl (C=O) groups is 1. The van der Waals surface area contributed by atoms with Gasteiger partial charge in [0.2, 0.25) is 0 Å². The Morgan fingerprint density at radius 2 is 1.95 bits per heavy atom. The van der Waals surface area contributed by atoms with Gasteiger partial charge in [-0.1, -0.05) is 20.8 Å². The third kappa shape index (κ3) is 3.60. The summed E-state index contributed by atoms with van der Waals surface area (Å²) in [5.74, 6) is 0.969. The standard InChI is InChI=1S/C17H27NO2S/c1-5-20-16(19)14-13(10-21-15(14)18)11-6-8-12(9-7-11)17(2,3)4/h10-12H,5-9,18H2,1-4H3. The first-order chi connectivity index (χ1) is 9.84. The monoisotopic (exact) mass is 309 g/mol. The van der Waals surface area contributed by atoms with Crippen molar-refractivity contribution in [1.29, 1.82) is 0 Å². The molecule has 0 aliphatic heterocycles. The van der Waals surface area contributed by atoms with Gasteiger partial charge in [0.25, 0.3) is 0 Å². The molecule has 0 bridgehead atoms. The van der Waals surface area contributed by atoms with Crippen LogP contribution >= 0.6 is 11.3 Å². The molecule has 1 heterocycles. The Hall–Kier alpha value is -1.03. The molecule has 2 rings (SSSR count). The lowest BCUT2D eigenvalue weighted by atomic mass is 9.68. The largest absolute Gasteiger partial charge is 0.462 e. The van der Waals surface area contributed by atoms with Crippen molar-refractivity contribution in [2.24, 2.45) is 11.3 Å². The topological polar surface area (TPSA) is 52.3 Å². The van der Waals surface area contributed by atoms with E-state index in [9.17, 15) is 4.79 Å². The molecule has 1 aromatic heterocycles.